The molecule has 0 saturated carbocycles. The van der Waals surface area contributed by atoms with Gasteiger partial charge in [-0.25, -0.2) is 5.43 Å². The Morgan fingerprint density at radius 3 is 2.23 bits per heavy atom. The van der Waals surface area contributed by atoms with E-state index in [1.807, 2.05) is 38.1 Å². The van der Waals surface area contributed by atoms with Crippen molar-refractivity contribution in [2.24, 2.45) is 5.10 Å². The van der Waals surface area contributed by atoms with Crippen LogP contribution in [-0.2, 0) is 0 Å². The summed E-state index contributed by atoms with van der Waals surface area (Å²) in [5.74, 6) is 1.70. The van der Waals surface area contributed by atoms with Crippen LogP contribution in [0.2, 0.25) is 0 Å². The van der Waals surface area contributed by atoms with Crippen LogP contribution in [-0.4, -0.2) is 37.4 Å². The van der Waals surface area contributed by atoms with Crippen LogP contribution < -0.4 is 19.6 Å². The van der Waals surface area contributed by atoms with E-state index < -0.39 is 0 Å². The summed E-state index contributed by atoms with van der Waals surface area (Å²) in [6, 6.07) is 14.8. The van der Waals surface area contributed by atoms with Gasteiger partial charge in [0.2, 0.25) is 0 Å². The van der Waals surface area contributed by atoms with Crippen LogP contribution >= 0.6 is 0 Å². The largest absolute Gasteiger partial charge is 0.497 e. The van der Waals surface area contributed by atoms with E-state index in [0.717, 1.165) is 22.4 Å². The first-order chi connectivity index (χ1) is 15.0. The van der Waals surface area contributed by atoms with Crippen LogP contribution in [0, 0.1) is 0 Å². The SMILES string of the molecule is COc1cc(/C=N/NC(=O)c2cncc(-c3ccc(OC(C)C)cc3)c2)cc(OC)c1. The normalized spacial score (nSPS) is 10.9. The van der Waals surface area contributed by atoms with Crippen LogP contribution in [0.25, 0.3) is 11.1 Å². The third kappa shape index (κ3) is 6.05. The van der Waals surface area contributed by atoms with Crippen molar-refractivity contribution in [1.82, 2.24) is 10.4 Å². The monoisotopic (exact) mass is 419 g/mol. The second kappa shape index (κ2) is 10.2. The first-order valence-electron chi connectivity index (χ1n) is 9.77. The van der Waals surface area contributed by atoms with Gasteiger partial charge in [-0.1, -0.05) is 12.1 Å². The summed E-state index contributed by atoms with van der Waals surface area (Å²) in [5, 5.41) is 4.03. The van der Waals surface area contributed by atoms with Gasteiger partial charge < -0.3 is 14.2 Å². The van der Waals surface area contributed by atoms with Gasteiger partial charge in [0.1, 0.15) is 17.2 Å². The zero-order valence-electron chi connectivity index (χ0n) is 18.0. The Morgan fingerprint density at radius 1 is 0.935 bits per heavy atom. The van der Waals surface area contributed by atoms with Gasteiger partial charge in [-0.05, 0) is 49.7 Å². The number of ether oxygens (including phenoxy) is 3. The lowest BCUT2D eigenvalue weighted by atomic mass is 10.1. The molecule has 0 aliphatic heterocycles. The molecule has 3 rings (SSSR count). The summed E-state index contributed by atoms with van der Waals surface area (Å²) < 4.78 is 16.1. The van der Waals surface area contributed by atoms with E-state index in [1.165, 1.54) is 12.4 Å². The minimum absolute atomic E-state index is 0.109. The molecule has 0 aliphatic rings. The van der Waals surface area contributed by atoms with Crippen molar-refractivity contribution in [3.05, 3.63) is 72.1 Å². The molecule has 7 heteroatoms. The quantitative estimate of drug-likeness (QED) is 0.434. The molecule has 0 fully saturated rings. The summed E-state index contributed by atoms with van der Waals surface area (Å²) in [6.45, 7) is 3.96. The molecule has 1 amide bonds. The summed E-state index contributed by atoms with van der Waals surface area (Å²) in [5.41, 5.74) is 5.41. The number of carbonyl (C=O) groups excluding carboxylic acids is 1. The second-order valence-corrected chi connectivity index (χ2v) is 7.00. The zero-order chi connectivity index (χ0) is 22.2. The van der Waals surface area contributed by atoms with Crippen LogP contribution in [0.3, 0.4) is 0 Å². The predicted molar refractivity (Wildman–Crippen MR) is 120 cm³/mol. The molecule has 7 nitrogen and oxygen atoms in total. The van der Waals surface area contributed by atoms with Gasteiger partial charge >= 0.3 is 0 Å². The van der Waals surface area contributed by atoms with Crippen molar-refractivity contribution >= 4 is 12.1 Å². The Hall–Kier alpha value is -3.87. The molecule has 0 spiro atoms. The molecule has 2 aromatic carbocycles. The number of nitrogens with one attached hydrogen (secondary N) is 1. The summed E-state index contributed by atoms with van der Waals surface area (Å²) in [4.78, 5) is 16.7. The van der Waals surface area contributed by atoms with Crippen molar-refractivity contribution in [3.63, 3.8) is 0 Å². The molecule has 1 N–H and O–H groups in total. The van der Waals surface area contributed by atoms with Crippen LogP contribution in [0.5, 0.6) is 17.2 Å². The van der Waals surface area contributed by atoms with E-state index in [2.05, 4.69) is 15.5 Å². The fourth-order valence-corrected chi connectivity index (χ4v) is 2.85. The third-order valence-corrected chi connectivity index (χ3v) is 4.31. The molecule has 0 radical (unpaired) electrons. The molecular weight excluding hydrogens is 394 g/mol. The second-order valence-electron chi connectivity index (χ2n) is 7.00. The maximum absolute atomic E-state index is 12.5. The number of hydrazone groups is 1. The first kappa shape index (κ1) is 21.8. The fraction of sp³-hybridized carbons (Fsp3) is 0.208. The highest BCUT2D eigenvalue weighted by Crippen LogP contribution is 2.23. The molecule has 0 atom stereocenters. The number of nitrogens with zero attached hydrogens (tertiary/aromatic N) is 2. The Balaban J connectivity index is 1.70. The van der Waals surface area contributed by atoms with E-state index in [9.17, 15) is 4.79 Å². The highest BCUT2D eigenvalue weighted by atomic mass is 16.5. The van der Waals surface area contributed by atoms with Crippen molar-refractivity contribution in [3.8, 4) is 28.4 Å². The molecule has 3 aromatic rings. The van der Waals surface area contributed by atoms with E-state index in [4.69, 9.17) is 14.2 Å². The Labute approximate surface area is 181 Å². The number of aromatic nitrogens is 1. The molecule has 0 saturated heterocycles. The van der Waals surface area contributed by atoms with Gasteiger partial charge in [0, 0.05) is 29.6 Å². The molecule has 31 heavy (non-hydrogen) atoms. The average molecular weight is 419 g/mol. The van der Waals surface area contributed by atoms with E-state index in [0.29, 0.717) is 17.1 Å². The van der Waals surface area contributed by atoms with Crippen molar-refractivity contribution in [1.29, 1.82) is 0 Å². The van der Waals surface area contributed by atoms with Gasteiger partial charge in [-0.2, -0.15) is 5.10 Å². The Bertz CT molecular complexity index is 1040. The van der Waals surface area contributed by atoms with Crippen molar-refractivity contribution in [2.45, 2.75) is 20.0 Å². The molecule has 1 aromatic heterocycles. The van der Waals surface area contributed by atoms with E-state index in [-0.39, 0.29) is 12.0 Å². The number of rotatable bonds is 8. The molecule has 0 aliphatic carbocycles. The minimum Gasteiger partial charge on any atom is -0.497 e. The number of carbonyl (C=O) groups is 1. The third-order valence-electron chi connectivity index (χ3n) is 4.31. The van der Waals surface area contributed by atoms with Crippen LogP contribution in [0.15, 0.2) is 66.0 Å². The van der Waals surface area contributed by atoms with Gasteiger partial charge in [0.15, 0.2) is 0 Å². The lowest BCUT2D eigenvalue weighted by molar-refractivity contribution is 0.0955. The number of hydrogen-bond acceptors (Lipinski definition) is 6. The Kier molecular flexibility index (Phi) is 7.22. The summed E-state index contributed by atoms with van der Waals surface area (Å²) in [6.07, 6.45) is 4.84. The van der Waals surface area contributed by atoms with Crippen molar-refractivity contribution in [2.75, 3.05) is 14.2 Å². The lowest BCUT2D eigenvalue weighted by Crippen LogP contribution is -2.17. The number of hydrogen-bond donors (Lipinski definition) is 1. The lowest BCUT2D eigenvalue weighted by Gasteiger charge is -2.10. The maximum atomic E-state index is 12.5. The number of amides is 1. The molecule has 0 unspecified atom stereocenters. The highest BCUT2D eigenvalue weighted by Gasteiger charge is 2.08. The zero-order valence-corrected chi connectivity index (χ0v) is 18.0. The highest BCUT2D eigenvalue weighted by molar-refractivity contribution is 5.95. The van der Waals surface area contributed by atoms with Crippen LogP contribution in [0.4, 0.5) is 0 Å². The minimum atomic E-state index is -0.361. The van der Waals surface area contributed by atoms with Crippen molar-refractivity contribution < 1.29 is 19.0 Å². The number of pyridine rings is 1. The number of benzene rings is 2. The maximum Gasteiger partial charge on any atom is 0.272 e. The topological polar surface area (TPSA) is 82.0 Å². The molecule has 1 heterocycles. The van der Waals surface area contributed by atoms with Gasteiger partial charge in [0.25, 0.3) is 5.91 Å². The summed E-state index contributed by atoms with van der Waals surface area (Å²) in [7, 11) is 3.14. The average Bonchev–Trinajstić information content (AvgIpc) is 2.79. The predicted octanol–water partition coefficient (Wildman–Crippen LogP) is 4.32. The van der Waals surface area contributed by atoms with Gasteiger partial charge in [0.05, 0.1) is 32.1 Å². The van der Waals surface area contributed by atoms with Gasteiger partial charge in [-0.3, -0.25) is 9.78 Å². The Morgan fingerprint density at radius 2 is 1.61 bits per heavy atom. The van der Waals surface area contributed by atoms with E-state index in [1.54, 1.807) is 44.7 Å². The van der Waals surface area contributed by atoms with Gasteiger partial charge in [-0.15, -0.1) is 0 Å². The standard InChI is InChI=1S/C24H25N3O4/c1-16(2)31-21-7-5-18(6-8-21)19-11-20(15-25-14-19)24(28)27-26-13-17-9-22(29-3)12-23(10-17)30-4/h5-16H,1-4H3,(H,27,28)/b26-13+. The molecule has 0 bridgehead atoms. The molecular formula is C24H25N3O4. The van der Waals surface area contributed by atoms with E-state index >= 15 is 0 Å². The first-order valence-corrected chi connectivity index (χ1v) is 9.77. The fourth-order valence-electron chi connectivity index (χ4n) is 2.85. The number of methoxy groups -OCH3 is 2. The smallest absolute Gasteiger partial charge is 0.272 e. The summed E-state index contributed by atoms with van der Waals surface area (Å²) >= 11 is 0. The van der Waals surface area contributed by atoms with Crippen LogP contribution in [0.1, 0.15) is 29.8 Å². The molecule has 160 valence electrons.